The lowest BCUT2D eigenvalue weighted by molar-refractivity contribution is -0.122. The number of Topliss-reactive ketones (excluding diaryl/α,β-unsaturated/α-hetero) is 1. The second kappa shape index (κ2) is 9.33. The van der Waals surface area contributed by atoms with Gasteiger partial charge in [0.25, 0.3) is 0 Å². The van der Waals surface area contributed by atoms with Crippen molar-refractivity contribution in [1.82, 2.24) is 9.80 Å². The summed E-state index contributed by atoms with van der Waals surface area (Å²) < 4.78 is 0. The Morgan fingerprint density at radius 1 is 0.792 bits per heavy atom. The average Bonchev–Trinajstić information content (AvgIpc) is 2.55. The van der Waals surface area contributed by atoms with Gasteiger partial charge in [0, 0.05) is 19.0 Å². The summed E-state index contributed by atoms with van der Waals surface area (Å²) in [6.07, 6.45) is 5.23. The first-order chi connectivity index (χ1) is 11.4. The third-order valence-electron chi connectivity index (χ3n) is 6.68. The Bertz CT molecular complexity index is 347. The number of hydrogen-bond donors (Lipinski definition) is 0. The van der Waals surface area contributed by atoms with E-state index in [0.717, 1.165) is 36.8 Å². The molecule has 0 spiro atoms. The van der Waals surface area contributed by atoms with Gasteiger partial charge in [-0.25, -0.2) is 0 Å². The standard InChI is InChI=1S/C21H40N2O/c1-16(2)19-6-10-22(11-7-19)14-21(18(5)24)15-23-12-8-20(9-13-23)17(3)4/h16-17,19-21H,6-15H2,1-5H3. The summed E-state index contributed by atoms with van der Waals surface area (Å²) in [5.74, 6) is 3.96. The van der Waals surface area contributed by atoms with Gasteiger partial charge in [-0.15, -0.1) is 0 Å². The minimum atomic E-state index is 0.205. The Kier molecular flexibility index (Phi) is 7.74. The zero-order valence-electron chi connectivity index (χ0n) is 16.8. The van der Waals surface area contributed by atoms with Gasteiger partial charge in [-0.05, 0) is 82.5 Å². The van der Waals surface area contributed by atoms with Gasteiger partial charge in [-0.1, -0.05) is 27.7 Å². The fourth-order valence-electron chi connectivity index (χ4n) is 4.54. The Morgan fingerprint density at radius 3 is 1.38 bits per heavy atom. The van der Waals surface area contributed by atoms with Crippen molar-refractivity contribution in [3.05, 3.63) is 0 Å². The molecule has 2 saturated heterocycles. The van der Waals surface area contributed by atoms with Gasteiger partial charge in [0.15, 0.2) is 0 Å². The second-order valence-corrected chi connectivity index (χ2v) is 9.07. The van der Waals surface area contributed by atoms with Gasteiger partial charge in [-0.2, -0.15) is 0 Å². The molecular formula is C21H40N2O. The van der Waals surface area contributed by atoms with E-state index < -0.39 is 0 Å². The zero-order valence-corrected chi connectivity index (χ0v) is 16.8. The summed E-state index contributed by atoms with van der Waals surface area (Å²) in [4.78, 5) is 17.3. The van der Waals surface area contributed by atoms with Crippen molar-refractivity contribution in [3.63, 3.8) is 0 Å². The van der Waals surface area contributed by atoms with Crippen LogP contribution in [0.5, 0.6) is 0 Å². The molecular weight excluding hydrogens is 296 g/mol. The van der Waals surface area contributed by atoms with E-state index in [4.69, 9.17) is 0 Å². The highest BCUT2D eigenvalue weighted by atomic mass is 16.1. The molecule has 0 aliphatic carbocycles. The first-order valence-corrected chi connectivity index (χ1v) is 10.3. The molecule has 0 saturated carbocycles. The summed E-state index contributed by atoms with van der Waals surface area (Å²) in [6.45, 7) is 17.9. The number of carbonyl (C=O) groups excluding carboxylic acids is 1. The fraction of sp³-hybridized carbons (Fsp3) is 0.952. The van der Waals surface area contributed by atoms with Crippen LogP contribution in [-0.2, 0) is 4.79 Å². The molecule has 0 N–H and O–H groups in total. The molecule has 3 heteroatoms. The zero-order chi connectivity index (χ0) is 17.7. The summed E-state index contributed by atoms with van der Waals surface area (Å²) in [5.41, 5.74) is 0. The lowest BCUT2D eigenvalue weighted by atomic mass is 9.85. The summed E-state index contributed by atoms with van der Waals surface area (Å²) >= 11 is 0. The number of carbonyl (C=O) groups is 1. The Labute approximate surface area is 150 Å². The van der Waals surface area contributed by atoms with E-state index in [1.165, 1.54) is 51.9 Å². The van der Waals surface area contributed by atoms with Crippen molar-refractivity contribution in [2.75, 3.05) is 39.3 Å². The topological polar surface area (TPSA) is 23.6 Å². The van der Waals surface area contributed by atoms with Gasteiger partial charge >= 0.3 is 0 Å². The van der Waals surface area contributed by atoms with Gasteiger partial charge in [0.2, 0.25) is 0 Å². The molecule has 2 rings (SSSR count). The molecule has 0 aromatic heterocycles. The van der Waals surface area contributed by atoms with Crippen LogP contribution < -0.4 is 0 Å². The molecule has 140 valence electrons. The molecule has 2 aliphatic rings. The summed E-state index contributed by atoms with van der Waals surface area (Å²) in [6, 6.07) is 0. The van der Waals surface area contributed by atoms with Crippen LogP contribution >= 0.6 is 0 Å². The third-order valence-corrected chi connectivity index (χ3v) is 6.68. The number of hydrogen-bond acceptors (Lipinski definition) is 3. The molecule has 3 nitrogen and oxygen atoms in total. The molecule has 0 amide bonds. The second-order valence-electron chi connectivity index (χ2n) is 9.07. The SMILES string of the molecule is CC(=O)C(CN1CCC(C(C)C)CC1)CN1CCC(C(C)C)CC1. The number of nitrogens with zero attached hydrogens (tertiary/aromatic N) is 2. The molecule has 0 unspecified atom stereocenters. The van der Waals surface area contributed by atoms with Crippen molar-refractivity contribution in [2.24, 2.45) is 29.6 Å². The van der Waals surface area contributed by atoms with Gasteiger partial charge in [0.1, 0.15) is 5.78 Å². The van der Waals surface area contributed by atoms with Crippen LogP contribution in [0.2, 0.25) is 0 Å². The van der Waals surface area contributed by atoms with Gasteiger partial charge in [-0.3, -0.25) is 4.79 Å². The molecule has 2 fully saturated rings. The van der Waals surface area contributed by atoms with E-state index >= 15 is 0 Å². The maximum Gasteiger partial charge on any atom is 0.135 e. The maximum atomic E-state index is 12.2. The smallest absolute Gasteiger partial charge is 0.135 e. The molecule has 0 aromatic carbocycles. The lowest BCUT2D eigenvalue weighted by Crippen LogP contribution is -2.45. The first kappa shape index (κ1) is 19.9. The lowest BCUT2D eigenvalue weighted by Gasteiger charge is -2.38. The maximum absolute atomic E-state index is 12.2. The van der Waals surface area contributed by atoms with Crippen LogP contribution in [0.25, 0.3) is 0 Å². The summed E-state index contributed by atoms with van der Waals surface area (Å²) in [7, 11) is 0. The Hall–Kier alpha value is -0.410. The largest absolute Gasteiger partial charge is 0.303 e. The molecule has 2 heterocycles. The van der Waals surface area contributed by atoms with Crippen LogP contribution in [0, 0.1) is 29.6 Å². The van der Waals surface area contributed by atoms with Crippen molar-refractivity contribution < 1.29 is 4.79 Å². The monoisotopic (exact) mass is 336 g/mol. The highest BCUT2D eigenvalue weighted by Crippen LogP contribution is 2.27. The molecule has 2 aliphatic heterocycles. The highest BCUT2D eigenvalue weighted by molar-refractivity contribution is 5.78. The third kappa shape index (κ3) is 5.84. The number of rotatable bonds is 7. The predicted molar refractivity (Wildman–Crippen MR) is 102 cm³/mol. The van der Waals surface area contributed by atoms with Gasteiger partial charge in [0.05, 0.1) is 0 Å². The molecule has 0 radical (unpaired) electrons. The van der Waals surface area contributed by atoms with E-state index in [1.54, 1.807) is 6.92 Å². The quantitative estimate of drug-likeness (QED) is 0.704. The Morgan fingerprint density at radius 2 is 1.12 bits per heavy atom. The van der Waals surface area contributed by atoms with Crippen molar-refractivity contribution >= 4 is 5.78 Å². The number of piperidine rings is 2. The molecule has 0 bridgehead atoms. The predicted octanol–water partition coefficient (Wildman–Crippen LogP) is 3.93. The normalized spacial score (nSPS) is 22.8. The van der Waals surface area contributed by atoms with E-state index in [-0.39, 0.29) is 5.92 Å². The van der Waals surface area contributed by atoms with Crippen LogP contribution in [0.15, 0.2) is 0 Å². The molecule has 0 atom stereocenters. The van der Waals surface area contributed by atoms with Crippen LogP contribution in [0.1, 0.15) is 60.3 Å². The minimum Gasteiger partial charge on any atom is -0.303 e. The highest BCUT2D eigenvalue weighted by Gasteiger charge is 2.28. The van der Waals surface area contributed by atoms with Crippen LogP contribution in [0.4, 0.5) is 0 Å². The van der Waals surface area contributed by atoms with E-state index in [0.29, 0.717) is 5.78 Å². The van der Waals surface area contributed by atoms with E-state index in [9.17, 15) is 4.79 Å². The van der Waals surface area contributed by atoms with Crippen LogP contribution in [-0.4, -0.2) is 54.9 Å². The van der Waals surface area contributed by atoms with Crippen LogP contribution in [0.3, 0.4) is 0 Å². The van der Waals surface area contributed by atoms with E-state index in [2.05, 4.69) is 37.5 Å². The summed E-state index contributed by atoms with van der Waals surface area (Å²) in [5, 5.41) is 0. The fourth-order valence-corrected chi connectivity index (χ4v) is 4.54. The Balaban J connectivity index is 1.78. The van der Waals surface area contributed by atoms with Gasteiger partial charge < -0.3 is 9.80 Å². The molecule has 0 aromatic rings. The van der Waals surface area contributed by atoms with Crippen molar-refractivity contribution in [1.29, 1.82) is 0 Å². The van der Waals surface area contributed by atoms with Crippen molar-refractivity contribution in [2.45, 2.75) is 60.3 Å². The van der Waals surface area contributed by atoms with E-state index in [1.807, 2.05) is 0 Å². The molecule has 24 heavy (non-hydrogen) atoms. The minimum absolute atomic E-state index is 0.205. The number of likely N-dealkylation sites (tertiary alicyclic amines) is 2. The number of ketones is 1. The van der Waals surface area contributed by atoms with Crippen molar-refractivity contribution in [3.8, 4) is 0 Å². The first-order valence-electron chi connectivity index (χ1n) is 10.3. The average molecular weight is 337 g/mol.